The van der Waals surface area contributed by atoms with E-state index in [1.165, 1.54) is 7.11 Å². The number of oxime groups is 2. The Bertz CT molecular complexity index is 870. The third kappa shape index (κ3) is 8.31. The molecular weight excluding hydrogens is 376 g/mol. The Balaban J connectivity index is 1.83. The van der Waals surface area contributed by atoms with Gasteiger partial charge in [-0.05, 0) is 69.2 Å². The van der Waals surface area contributed by atoms with Crippen LogP contribution in [0.25, 0.3) is 0 Å². The molecule has 0 atom stereocenters. The Morgan fingerprint density at radius 1 is 0.867 bits per heavy atom. The molecule has 0 N–H and O–H groups in total. The number of hydrogen-bond donors (Lipinski definition) is 0. The maximum absolute atomic E-state index is 5.52. The first-order valence-corrected chi connectivity index (χ1v) is 10.5. The number of rotatable bonds is 10. The van der Waals surface area contributed by atoms with E-state index >= 15 is 0 Å². The quantitative estimate of drug-likeness (QED) is 0.307. The zero-order valence-corrected chi connectivity index (χ0v) is 19.1. The molecule has 0 aliphatic heterocycles. The van der Waals surface area contributed by atoms with Gasteiger partial charge in [0.2, 0.25) is 0 Å². The normalized spacial score (nSPS) is 12.7. The lowest BCUT2D eigenvalue weighted by Gasteiger charge is -2.17. The second-order valence-electron chi connectivity index (χ2n) is 8.56. The summed E-state index contributed by atoms with van der Waals surface area (Å²) in [6, 6.07) is 12.0. The van der Waals surface area contributed by atoms with Crippen LogP contribution in [0.3, 0.4) is 0 Å². The third-order valence-corrected chi connectivity index (χ3v) is 4.58. The largest absolute Gasteiger partial charge is 0.399 e. The molecule has 2 aromatic heterocycles. The van der Waals surface area contributed by atoms with Gasteiger partial charge in [-0.2, -0.15) is 0 Å². The second-order valence-corrected chi connectivity index (χ2v) is 8.56. The van der Waals surface area contributed by atoms with Gasteiger partial charge in [0.1, 0.15) is 25.1 Å². The Morgan fingerprint density at radius 3 is 2.00 bits per heavy atom. The number of hydrogen-bond acceptors (Lipinski definition) is 6. The number of aromatic nitrogens is 2. The van der Waals surface area contributed by atoms with Gasteiger partial charge in [-0.25, -0.2) is 0 Å². The SMILES string of the molecule is CON=C(C)c1cccc(CCCON=C(C)c2cccc(CCC(C)(C)C)n2)n1. The van der Waals surface area contributed by atoms with E-state index in [9.17, 15) is 0 Å². The predicted molar refractivity (Wildman–Crippen MR) is 122 cm³/mol. The molecule has 0 aromatic carbocycles. The van der Waals surface area contributed by atoms with Crippen molar-refractivity contribution in [2.24, 2.45) is 15.7 Å². The van der Waals surface area contributed by atoms with Crippen LogP contribution in [0.1, 0.15) is 70.2 Å². The van der Waals surface area contributed by atoms with Crippen LogP contribution in [-0.2, 0) is 22.5 Å². The highest BCUT2D eigenvalue weighted by molar-refractivity contribution is 5.96. The molecule has 0 bridgehead atoms. The van der Waals surface area contributed by atoms with Crippen LogP contribution in [-0.4, -0.2) is 35.1 Å². The number of nitrogens with zero attached hydrogens (tertiary/aromatic N) is 4. The van der Waals surface area contributed by atoms with Gasteiger partial charge in [0, 0.05) is 11.4 Å². The Morgan fingerprint density at radius 2 is 1.43 bits per heavy atom. The topological polar surface area (TPSA) is 69.0 Å². The van der Waals surface area contributed by atoms with Crippen LogP contribution in [0.2, 0.25) is 0 Å². The first kappa shape index (κ1) is 23.5. The first-order valence-electron chi connectivity index (χ1n) is 10.5. The smallest absolute Gasteiger partial charge is 0.117 e. The molecule has 0 fully saturated rings. The molecule has 162 valence electrons. The third-order valence-electron chi connectivity index (χ3n) is 4.58. The van der Waals surface area contributed by atoms with E-state index in [4.69, 9.17) is 14.7 Å². The van der Waals surface area contributed by atoms with Crippen molar-refractivity contribution < 1.29 is 9.68 Å². The summed E-state index contributed by atoms with van der Waals surface area (Å²) in [5.41, 5.74) is 5.62. The van der Waals surface area contributed by atoms with E-state index in [0.29, 0.717) is 12.0 Å². The van der Waals surface area contributed by atoms with Crippen LogP contribution in [0.4, 0.5) is 0 Å². The Kier molecular flexibility index (Phi) is 8.96. The minimum absolute atomic E-state index is 0.299. The van der Waals surface area contributed by atoms with Crippen LogP contribution < -0.4 is 0 Å². The molecule has 0 unspecified atom stereocenters. The molecule has 2 aromatic rings. The molecule has 30 heavy (non-hydrogen) atoms. The maximum Gasteiger partial charge on any atom is 0.117 e. The van der Waals surface area contributed by atoms with E-state index in [1.807, 2.05) is 44.2 Å². The van der Waals surface area contributed by atoms with Gasteiger partial charge < -0.3 is 9.68 Å². The second kappa shape index (κ2) is 11.4. The summed E-state index contributed by atoms with van der Waals surface area (Å²) in [7, 11) is 1.53. The van der Waals surface area contributed by atoms with E-state index in [-0.39, 0.29) is 0 Å². The fraction of sp³-hybridized carbons (Fsp3) is 0.500. The summed E-state index contributed by atoms with van der Waals surface area (Å²) >= 11 is 0. The lowest BCUT2D eigenvalue weighted by molar-refractivity contribution is 0.141. The molecule has 0 aliphatic carbocycles. The van der Waals surface area contributed by atoms with Crippen LogP contribution in [0, 0.1) is 5.41 Å². The van der Waals surface area contributed by atoms with Crippen molar-refractivity contribution in [2.45, 2.75) is 60.3 Å². The van der Waals surface area contributed by atoms with E-state index < -0.39 is 0 Å². The molecule has 0 spiro atoms. The maximum atomic E-state index is 5.52. The lowest BCUT2D eigenvalue weighted by Crippen LogP contribution is -2.08. The lowest BCUT2D eigenvalue weighted by atomic mass is 9.90. The van der Waals surface area contributed by atoms with Gasteiger partial charge in [0.15, 0.2) is 0 Å². The first-order chi connectivity index (χ1) is 14.3. The van der Waals surface area contributed by atoms with Crippen LogP contribution in [0.5, 0.6) is 0 Å². The van der Waals surface area contributed by atoms with Gasteiger partial charge in [0.05, 0.1) is 11.4 Å². The zero-order chi connectivity index (χ0) is 22.0. The molecule has 0 amide bonds. The molecule has 6 heteroatoms. The van der Waals surface area contributed by atoms with Crippen molar-refractivity contribution in [3.05, 3.63) is 59.2 Å². The molecule has 0 saturated heterocycles. The molecule has 6 nitrogen and oxygen atoms in total. The van der Waals surface area contributed by atoms with Crippen molar-refractivity contribution in [1.29, 1.82) is 0 Å². The summed E-state index contributed by atoms with van der Waals surface area (Å²) in [5, 5.41) is 8.17. The van der Waals surface area contributed by atoms with Crippen molar-refractivity contribution in [3.8, 4) is 0 Å². The highest BCUT2D eigenvalue weighted by Crippen LogP contribution is 2.20. The highest BCUT2D eigenvalue weighted by atomic mass is 16.6. The summed E-state index contributed by atoms with van der Waals surface area (Å²) < 4.78 is 0. The highest BCUT2D eigenvalue weighted by Gasteiger charge is 2.11. The van der Waals surface area contributed by atoms with Gasteiger partial charge in [0.25, 0.3) is 0 Å². The standard InChI is InChI=1S/C24H34N4O2/c1-18(27-29-6)22-13-7-10-20(25-22)12-9-17-30-28-19(2)23-14-8-11-21(26-23)15-16-24(3,4)5/h7-8,10-11,13-14H,9,12,15-17H2,1-6H3. The predicted octanol–water partition coefficient (Wildman–Crippen LogP) is 5.20. The van der Waals surface area contributed by atoms with Gasteiger partial charge in [-0.1, -0.05) is 43.2 Å². The van der Waals surface area contributed by atoms with Crippen molar-refractivity contribution in [3.63, 3.8) is 0 Å². The fourth-order valence-electron chi connectivity index (χ4n) is 2.83. The summed E-state index contributed by atoms with van der Waals surface area (Å²) in [6.45, 7) is 11.1. The molecule has 0 aliphatic rings. The average molecular weight is 411 g/mol. The summed E-state index contributed by atoms with van der Waals surface area (Å²) in [5.74, 6) is 0. The fourth-order valence-corrected chi connectivity index (χ4v) is 2.83. The molecule has 0 saturated carbocycles. The minimum atomic E-state index is 0.299. The van der Waals surface area contributed by atoms with Crippen molar-refractivity contribution >= 4 is 11.4 Å². The van der Waals surface area contributed by atoms with Crippen LogP contribution >= 0.6 is 0 Å². The van der Waals surface area contributed by atoms with E-state index in [0.717, 1.165) is 59.9 Å². The molecule has 2 rings (SSSR count). The summed E-state index contributed by atoms with van der Waals surface area (Å²) in [4.78, 5) is 19.7. The van der Waals surface area contributed by atoms with E-state index in [1.54, 1.807) is 0 Å². The van der Waals surface area contributed by atoms with Gasteiger partial charge in [-0.3, -0.25) is 9.97 Å². The monoisotopic (exact) mass is 410 g/mol. The number of pyridine rings is 2. The van der Waals surface area contributed by atoms with Gasteiger partial charge >= 0.3 is 0 Å². The zero-order valence-electron chi connectivity index (χ0n) is 19.1. The van der Waals surface area contributed by atoms with Gasteiger partial charge in [-0.15, -0.1) is 0 Å². The van der Waals surface area contributed by atoms with Crippen molar-refractivity contribution in [2.75, 3.05) is 13.7 Å². The molecule has 2 heterocycles. The average Bonchev–Trinajstić information content (AvgIpc) is 2.72. The molecule has 0 radical (unpaired) electrons. The van der Waals surface area contributed by atoms with Crippen LogP contribution in [0.15, 0.2) is 46.7 Å². The minimum Gasteiger partial charge on any atom is -0.399 e. The summed E-state index contributed by atoms with van der Waals surface area (Å²) in [6.07, 6.45) is 3.70. The number of aryl methyl sites for hydroxylation is 2. The van der Waals surface area contributed by atoms with E-state index in [2.05, 4.69) is 42.1 Å². The van der Waals surface area contributed by atoms with Crippen molar-refractivity contribution in [1.82, 2.24) is 9.97 Å². The Hall–Kier alpha value is -2.76. The molecular formula is C24H34N4O2. The Labute approximate surface area is 180 Å².